The van der Waals surface area contributed by atoms with Crippen LogP contribution in [-0.4, -0.2) is 53.7 Å². The van der Waals surface area contributed by atoms with Gasteiger partial charge in [0.25, 0.3) is 0 Å². The van der Waals surface area contributed by atoms with Gasteiger partial charge in [0, 0.05) is 54.8 Å². The SMILES string of the molecule is O.O=C(O)c1ccc2ccccc2n1.O=C(O)c1ccc2ccccc2n1.O=C(O)c1ccc2ccccc2n1.[Tb]. The Morgan fingerprint density at radius 1 is 0.415 bits per heavy atom. The van der Waals surface area contributed by atoms with Gasteiger partial charge in [-0.2, -0.15) is 0 Å². The molecule has 0 saturated carbocycles. The van der Waals surface area contributed by atoms with Crippen LogP contribution in [0.5, 0.6) is 0 Å². The molecule has 11 heteroatoms. The minimum absolute atomic E-state index is 0. The van der Waals surface area contributed by atoms with Gasteiger partial charge >= 0.3 is 17.9 Å². The van der Waals surface area contributed by atoms with Crippen LogP contribution in [0, 0.1) is 38.6 Å². The summed E-state index contributed by atoms with van der Waals surface area (Å²) in [4.78, 5) is 43.7. The van der Waals surface area contributed by atoms with Gasteiger partial charge in [-0.15, -0.1) is 0 Å². The van der Waals surface area contributed by atoms with Gasteiger partial charge in [0.1, 0.15) is 17.1 Å². The molecule has 6 aromatic rings. The molecule has 0 atom stereocenters. The molecule has 3 aromatic heterocycles. The molecule has 3 heterocycles. The van der Waals surface area contributed by atoms with E-state index in [1.54, 1.807) is 36.4 Å². The largest absolute Gasteiger partial charge is 0.477 e. The number of para-hydroxylation sites is 3. The number of carboxylic acids is 3. The predicted molar refractivity (Wildman–Crippen MR) is 150 cm³/mol. The van der Waals surface area contributed by atoms with E-state index in [4.69, 9.17) is 15.3 Å². The first-order chi connectivity index (χ1) is 18.8. The number of rotatable bonds is 3. The Morgan fingerprint density at radius 2 is 0.659 bits per heavy atom. The number of carbonyl (C=O) groups is 3. The molecule has 0 amide bonds. The molecule has 41 heavy (non-hydrogen) atoms. The van der Waals surface area contributed by atoms with Crippen LogP contribution in [-0.2, 0) is 0 Å². The summed E-state index contributed by atoms with van der Waals surface area (Å²) in [6, 6.07) is 32.0. The summed E-state index contributed by atoms with van der Waals surface area (Å²) in [6.45, 7) is 0. The molecule has 0 bridgehead atoms. The van der Waals surface area contributed by atoms with E-state index < -0.39 is 17.9 Å². The van der Waals surface area contributed by atoms with Gasteiger partial charge in [-0.25, -0.2) is 29.3 Å². The van der Waals surface area contributed by atoms with Crippen molar-refractivity contribution in [1.82, 2.24) is 15.0 Å². The fourth-order valence-corrected chi connectivity index (χ4v) is 3.56. The van der Waals surface area contributed by atoms with Crippen LogP contribution in [0.3, 0.4) is 0 Å². The second-order valence-corrected chi connectivity index (χ2v) is 8.08. The topological polar surface area (TPSA) is 182 Å². The number of aromatic carboxylic acids is 3. The minimum atomic E-state index is -0.995. The fourth-order valence-electron chi connectivity index (χ4n) is 3.56. The summed E-state index contributed by atoms with van der Waals surface area (Å²) in [5.74, 6) is -2.98. The Labute approximate surface area is 264 Å². The molecule has 0 aliphatic carbocycles. The summed E-state index contributed by atoms with van der Waals surface area (Å²) in [5, 5.41) is 28.9. The van der Waals surface area contributed by atoms with Crippen LogP contribution >= 0.6 is 0 Å². The first-order valence-electron chi connectivity index (χ1n) is 11.6. The van der Waals surface area contributed by atoms with Gasteiger partial charge in [-0.05, 0) is 36.4 Å². The Morgan fingerprint density at radius 3 is 0.902 bits per heavy atom. The number of benzene rings is 3. The van der Waals surface area contributed by atoms with Crippen LogP contribution in [0.15, 0.2) is 109 Å². The third-order valence-electron chi connectivity index (χ3n) is 5.45. The number of hydrogen-bond acceptors (Lipinski definition) is 6. The second-order valence-electron chi connectivity index (χ2n) is 8.08. The van der Waals surface area contributed by atoms with Crippen molar-refractivity contribution in [2.75, 3.05) is 0 Å². The summed E-state index contributed by atoms with van der Waals surface area (Å²) in [5.41, 5.74) is 2.38. The Kier molecular flexibility index (Phi) is 12.3. The Balaban J connectivity index is 0.000000210. The van der Waals surface area contributed by atoms with Crippen LogP contribution < -0.4 is 0 Å². The Hall–Kier alpha value is -4.45. The van der Waals surface area contributed by atoms with Gasteiger partial charge in [0.15, 0.2) is 0 Å². The average Bonchev–Trinajstić information content (AvgIpc) is 2.97. The third kappa shape index (κ3) is 8.77. The van der Waals surface area contributed by atoms with E-state index in [0.29, 0.717) is 16.6 Å². The zero-order valence-corrected chi connectivity index (χ0v) is 23.3. The first kappa shape index (κ1) is 32.8. The normalized spacial score (nSPS) is 9.66. The standard InChI is InChI=1S/3C10H7NO2.H2O.Tb/c3*12-10(13)9-6-5-7-3-1-2-4-8(7)11-9;;/h3*1-6H,(H,12,13);1H2;. The Bertz CT molecular complexity index is 1620. The summed E-state index contributed by atoms with van der Waals surface area (Å²) in [7, 11) is 0. The number of carboxylic acid groups (broad SMARTS) is 3. The molecule has 3 aromatic carbocycles. The summed E-state index contributed by atoms with van der Waals surface area (Å²) in [6.07, 6.45) is 0. The second kappa shape index (κ2) is 15.4. The number of hydrogen-bond donors (Lipinski definition) is 3. The fraction of sp³-hybridized carbons (Fsp3) is 0. The average molecular weight is 696 g/mol. The van der Waals surface area contributed by atoms with Crippen molar-refractivity contribution in [2.24, 2.45) is 0 Å². The molecule has 10 nitrogen and oxygen atoms in total. The zero-order chi connectivity index (χ0) is 27.8. The quantitative estimate of drug-likeness (QED) is 0.230. The maximum atomic E-state index is 10.6. The maximum Gasteiger partial charge on any atom is 0.354 e. The molecule has 5 N–H and O–H groups in total. The molecular weight excluding hydrogens is 673 g/mol. The monoisotopic (exact) mass is 696 g/mol. The van der Waals surface area contributed by atoms with E-state index in [-0.39, 0.29) is 61.2 Å². The van der Waals surface area contributed by atoms with E-state index in [1.807, 2.05) is 54.6 Å². The van der Waals surface area contributed by atoms with E-state index in [0.717, 1.165) is 16.2 Å². The van der Waals surface area contributed by atoms with E-state index in [2.05, 4.69) is 15.0 Å². The van der Waals surface area contributed by atoms with Gasteiger partial charge < -0.3 is 20.8 Å². The van der Waals surface area contributed by atoms with Crippen molar-refractivity contribution in [2.45, 2.75) is 0 Å². The molecular formula is C30H23N3O7Tb. The predicted octanol–water partition coefficient (Wildman–Crippen LogP) is 4.97. The van der Waals surface area contributed by atoms with Crippen molar-refractivity contribution < 1.29 is 73.8 Å². The van der Waals surface area contributed by atoms with Crippen molar-refractivity contribution in [1.29, 1.82) is 0 Å². The zero-order valence-electron chi connectivity index (χ0n) is 21.1. The van der Waals surface area contributed by atoms with Gasteiger partial charge in [0.05, 0.1) is 16.6 Å². The van der Waals surface area contributed by atoms with Gasteiger partial charge in [-0.1, -0.05) is 72.8 Å². The number of nitrogens with zero attached hydrogens (tertiary/aromatic N) is 3. The molecule has 209 valence electrons. The molecule has 0 aliphatic heterocycles. The van der Waals surface area contributed by atoms with Crippen molar-refractivity contribution >= 4 is 50.6 Å². The van der Waals surface area contributed by atoms with E-state index in [1.165, 1.54) is 18.2 Å². The summed E-state index contributed by atoms with van der Waals surface area (Å²) < 4.78 is 0. The molecule has 0 saturated heterocycles. The van der Waals surface area contributed by atoms with Crippen molar-refractivity contribution in [3.8, 4) is 0 Å². The number of aromatic nitrogens is 3. The number of pyridine rings is 3. The first-order valence-corrected chi connectivity index (χ1v) is 11.6. The van der Waals surface area contributed by atoms with Crippen LogP contribution in [0.25, 0.3) is 32.7 Å². The van der Waals surface area contributed by atoms with Crippen molar-refractivity contribution in [3.63, 3.8) is 0 Å². The van der Waals surface area contributed by atoms with E-state index >= 15 is 0 Å². The van der Waals surface area contributed by atoms with Gasteiger partial charge in [0.2, 0.25) is 0 Å². The van der Waals surface area contributed by atoms with E-state index in [9.17, 15) is 14.4 Å². The smallest absolute Gasteiger partial charge is 0.354 e. The van der Waals surface area contributed by atoms with Crippen LogP contribution in [0.2, 0.25) is 0 Å². The maximum absolute atomic E-state index is 10.6. The van der Waals surface area contributed by atoms with Crippen LogP contribution in [0.1, 0.15) is 31.5 Å². The summed E-state index contributed by atoms with van der Waals surface area (Å²) >= 11 is 0. The molecule has 0 spiro atoms. The minimum Gasteiger partial charge on any atom is -0.477 e. The molecule has 6 rings (SSSR count). The number of fused-ring (bicyclic) bond motifs is 3. The molecule has 1 radical (unpaired) electrons. The molecule has 0 fully saturated rings. The molecule has 0 unspecified atom stereocenters. The van der Waals surface area contributed by atoms with Crippen LogP contribution in [0.4, 0.5) is 0 Å². The third-order valence-corrected chi connectivity index (χ3v) is 5.45. The van der Waals surface area contributed by atoms with Crippen molar-refractivity contribution in [3.05, 3.63) is 126 Å². The molecule has 0 aliphatic rings. The van der Waals surface area contributed by atoms with Gasteiger partial charge in [-0.3, -0.25) is 0 Å².